The van der Waals surface area contributed by atoms with Crippen LogP contribution in [0, 0.1) is 17.7 Å². The lowest BCUT2D eigenvalue weighted by Gasteiger charge is -2.28. The first-order chi connectivity index (χ1) is 16.4. The number of fused-ring (bicyclic) bond motifs is 1. The molecule has 0 spiro atoms. The molecule has 0 saturated heterocycles. The Kier molecular flexibility index (Phi) is 6.09. The van der Waals surface area contributed by atoms with E-state index in [2.05, 4.69) is 11.1 Å². The Morgan fingerprint density at radius 1 is 1.12 bits per heavy atom. The van der Waals surface area contributed by atoms with Crippen molar-refractivity contribution in [3.8, 4) is 17.0 Å². The molecule has 1 unspecified atom stereocenters. The molecule has 0 amide bonds. The molecular formula is C28H28FNO4. The number of carboxylic acids is 1. The molecule has 5 nitrogen and oxygen atoms in total. The molecule has 2 aliphatic rings. The lowest BCUT2D eigenvalue weighted by molar-refractivity contribution is -0.142. The third-order valence-corrected chi connectivity index (χ3v) is 7.14. The summed E-state index contributed by atoms with van der Waals surface area (Å²) in [6.45, 7) is 2.21. The predicted molar refractivity (Wildman–Crippen MR) is 126 cm³/mol. The number of hydrogen-bond donors (Lipinski definition) is 1. The molecule has 3 aromatic rings. The van der Waals surface area contributed by atoms with E-state index in [1.807, 2.05) is 24.3 Å². The highest BCUT2D eigenvalue weighted by molar-refractivity contribution is 5.71. The zero-order valence-electron chi connectivity index (χ0n) is 19.3. The van der Waals surface area contributed by atoms with Gasteiger partial charge in [0.1, 0.15) is 5.82 Å². The van der Waals surface area contributed by atoms with Crippen LogP contribution in [0.1, 0.15) is 54.0 Å². The molecular weight excluding hydrogens is 433 g/mol. The first-order valence-electron chi connectivity index (χ1n) is 11.7. The summed E-state index contributed by atoms with van der Waals surface area (Å²) in [6.07, 6.45) is 3.96. The molecule has 5 rings (SSSR count). The molecule has 2 aromatic carbocycles. The Hall–Kier alpha value is -3.25. The van der Waals surface area contributed by atoms with Crippen LogP contribution in [0.25, 0.3) is 11.1 Å². The van der Waals surface area contributed by atoms with Gasteiger partial charge in [-0.05, 0) is 64.6 Å². The number of pyridine rings is 1. The highest BCUT2D eigenvalue weighted by Gasteiger charge is 2.39. The van der Waals surface area contributed by atoms with E-state index in [0.29, 0.717) is 30.4 Å². The number of benzene rings is 2. The van der Waals surface area contributed by atoms with Crippen LogP contribution < -0.4 is 4.74 Å². The van der Waals surface area contributed by atoms with Gasteiger partial charge in [-0.2, -0.15) is 0 Å². The topological polar surface area (TPSA) is 68.7 Å². The van der Waals surface area contributed by atoms with E-state index in [-0.39, 0.29) is 17.8 Å². The largest absolute Gasteiger partial charge is 0.481 e. The summed E-state index contributed by atoms with van der Waals surface area (Å²) in [5, 5.41) is 9.61. The van der Waals surface area contributed by atoms with Crippen molar-refractivity contribution in [3.05, 3.63) is 82.8 Å². The number of rotatable bonds is 7. The average molecular weight is 462 g/mol. The Balaban J connectivity index is 1.40. The first kappa shape index (κ1) is 22.5. The number of halogens is 1. The first-order valence-corrected chi connectivity index (χ1v) is 11.7. The maximum Gasteiger partial charge on any atom is 0.306 e. The SMILES string of the molecule is COc1cc(-c2ccc([C@@H]3Cc4cc(C(C5CC5)[C@H](C)C(=O)O)ccc4CO3)c(F)c2)ccn1. The number of aromatic nitrogens is 1. The molecule has 1 fully saturated rings. The van der Waals surface area contributed by atoms with Gasteiger partial charge in [-0.15, -0.1) is 0 Å². The van der Waals surface area contributed by atoms with E-state index in [0.717, 1.165) is 40.7 Å². The van der Waals surface area contributed by atoms with Crippen molar-refractivity contribution >= 4 is 5.97 Å². The Labute approximate surface area is 198 Å². The highest BCUT2D eigenvalue weighted by Crippen LogP contribution is 2.47. The maximum atomic E-state index is 15.2. The lowest BCUT2D eigenvalue weighted by Crippen LogP contribution is -2.22. The van der Waals surface area contributed by atoms with E-state index in [9.17, 15) is 9.90 Å². The molecule has 176 valence electrons. The standard InChI is InChI=1S/C28H28FNO4/c1-16(28(31)32)27(17-3-4-17)20-5-6-21-15-34-25(13-22(21)11-20)23-8-7-18(12-24(23)29)19-9-10-30-26(14-19)33-2/h5-12,14,16-17,25,27H,3-4,13,15H2,1-2H3,(H,31,32)/t16-,25-,27?/m0/s1. The van der Waals surface area contributed by atoms with Crippen molar-refractivity contribution in [3.63, 3.8) is 0 Å². The number of methoxy groups -OCH3 is 1. The molecule has 1 N–H and O–H groups in total. The molecule has 2 heterocycles. The van der Waals surface area contributed by atoms with Crippen molar-refractivity contribution in [2.24, 2.45) is 11.8 Å². The highest BCUT2D eigenvalue weighted by atomic mass is 19.1. The lowest BCUT2D eigenvalue weighted by atomic mass is 9.81. The number of aliphatic carboxylic acids is 1. The Bertz CT molecular complexity index is 1220. The minimum Gasteiger partial charge on any atom is -0.481 e. The fourth-order valence-electron chi connectivity index (χ4n) is 5.08. The van der Waals surface area contributed by atoms with Gasteiger partial charge < -0.3 is 14.6 Å². The van der Waals surface area contributed by atoms with Crippen molar-refractivity contribution in [1.29, 1.82) is 0 Å². The molecule has 6 heteroatoms. The minimum atomic E-state index is -0.759. The van der Waals surface area contributed by atoms with Gasteiger partial charge in [0, 0.05) is 24.2 Å². The van der Waals surface area contributed by atoms with Crippen molar-refractivity contribution < 1.29 is 23.8 Å². The van der Waals surface area contributed by atoms with Crippen LogP contribution in [0.3, 0.4) is 0 Å². The number of nitrogens with zero attached hydrogens (tertiary/aromatic N) is 1. The summed E-state index contributed by atoms with van der Waals surface area (Å²) in [5.41, 5.74) is 5.36. The van der Waals surface area contributed by atoms with E-state index >= 15 is 4.39 Å². The zero-order chi connectivity index (χ0) is 23.8. The van der Waals surface area contributed by atoms with E-state index in [1.54, 1.807) is 32.4 Å². The van der Waals surface area contributed by atoms with Gasteiger partial charge in [-0.3, -0.25) is 4.79 Å². The predicted octanol–water partition coefficient (Wildman–Crippen LogP) is 5.92. The smallest absolute Gasteiger partial charge is 0.306 e. The van der Waals surface area contributed by atoms with E-state index in [4.69, 9.17) is 9.47 Å². The summed E-state index contributed by atoms with van der Waals surface area (Å²) >= 11 is 0. The van der Waals surface area contributed by atoms with Crippen molar-refractivity contribution in [2.75, 3.05) is 7.11 Å². The quantitative estimate of drug-likeness (QED) is 0.473. The second kappa shape index (κ2) is 9.18. The van der Waals surface area contributed by atoms with Crippen molar-refractivity contribution in [2.45, 2.75) is 44.8 Å². The fourth-order valence-corrected chi connectivity index (χ4v) is 5.08. The molecule has 1 saturated carbocycles. The summed E-state index contributed by atoms with van der Waals surface area (Å²) in [5.74, 6) is -0.586. The third-order valence-electron chi connectivity index (χ3n) is 7.14. The molecule has 1 aliphatic heterocycles. The Morgan fingerprint density at radius 3 is 2.62 bits per heavy atom. The number of ether oxygens (including phenoxy) is 2. The number of hydrogen-bond acceptors (Lipinski definition) is 4. The maximum absolute atomic E-state index is 15.2. The van der Waals surface area contributed by atoms with Crippen LogP contribution in [0.15, 0.2) is 54.7 Å². The molecule has 1 aliphatic carbocycles. The van der Waals surface area contributed by atoms with Crippen LogP contribution in [-0.4, -0.2) is 23.2 Å². The van der Waals surface area contributed by atoms with Gasteiger partial charge in [0.25, 0.3) is 0 Å². The van der Waals surface area contributed by atoms with Crippen LogP contribution in [-0.2, 0) is 22.6 Å². The van der Waals surface area contributed by atoms with Crippen LogP contribution >= 0.6 is 0 Å². The fraction of sp³-hybridized carbons (Fsp3) is 0.357. The summed E-state index contributed by atoms with van der Waals surface area (Å²) in [4.78, 5) is 15.8. The zero-order valence-corrected chi connectivity index (χ0v) is 19.3. The summed E-state index contributed by atoms with van der Waals surface area (Å²) in [6, 6.07) is 15.0. The van der Waals surface area contributed by atoms with Crippen LogP contribution in [0.5, 0.6) is 5.88 Å². The van der Waals surface area contributed by atoms with E-state index < -0.39 is 11.9 Å². The Morgan fingerprint density at radius 2 is 1.91 bits per heavy atom. The van der Waals surface area contributed by atoms with Gasteiger partial charge in [-0.25, -0.2) is 9.37 Å². The van der Waals surface area contributed by atoms with Crippen LogP contribution in [0.2, 0.25) is 0 Å². The van der Waals surface area contributed by atoms with Crippen molar-refractivity contribution in [1.82, 2.24) is 4.98 Å². The minimum absolute atomic E-state index is 0.0115. The van der Waals surface area contributed by atoms with Gasteiger partial charge >= 0.3 is 5.97 Å². The molecule has 0 radical (unpaired) electrons. The van der Waals surface area contributed by atoms with E-state index in [1.165, 1.54) is 6.07 Å². The van der Waals surface area contributed by atoms with Gasteiger partial charge in [0.2, 0.25) is 5.88 Å². The second-order valence-electron chi connectivity index (χ2n) is 9.35. The molecule has 1 aromatic heterocycles. The molecule has 3 atom stereocenters. The summed E-state index contributed by atoms with van der Waals surface area (Å²) < 4.78 is 26.4. The van der Waals surface area contributed by atoms with Gasteiger partial charge in [0.05, 0.1) is 25.7 Å². The third kappa shape index (κ3) is 4.42. The van der Waals surface area contributed by atoms with Gasteiger partial charge in [0.15, 0.2) is 0 Å². The van der Waals surface area contributed by atoms with Crippen LogP contribution in [0.4, 0.5) is 4.39 Å². The van der Waals surface area contributed by atoms with Gasteiger partial charge in [-0.1, -0.05) is 37.3 Å². The average Bonchev–Trinajstić information content (AvgIpc) is 3.68. The monoisotopic (exact) mass is 461 g/mol. The molecule has 34 heavy (non-hydrogen) atoms. The number of carbonyl (C=O) groups is 1. The normalized spacial score (nSPS) is 19.2. The molecule has 0 bridgehead atoms. The number of carboxylic acid groups (broad SMARTS) is 1. The summed E-state index contributed by atoms with van der Waals surface area (Å²) in [7, 11) is 1.55. The second-order valence-corrected chi connectivity index (χ2v) is 9.35.